The van der Waals surface area contributed by atoms with Crippen LogP contribution < -0.4 is 0 Å². The van der Waals surface area contributed by atoms with Crippen LogP contribution in [0.5, 0.6) is 0 Å². The summed E-state index contributed by atoms with van der Waals surface area (Å²) in [5.41, 5.74) is -3.43. The van der Waals surface area contributed by atoms with Crippen molar-refractivity contribution in [2.45, 2.75) is 32.3 Å². The van der Waals surface area contributed by atoms with Crippen molar-refractivity contribution in [3.8, 4) is 11.4 Å². The van der Waals surface area contributed by atoms with Crippen molar-refractivity contribution in [1.82, 2.24) is 14.8 Å². The van der Waals surface area contributed by atoms with Crippen molar-refractivity contribution >= 4 is 12.2 Å². The average Bonchev–Trinajstić information content (AvgIpc) is 3.14. The summed E-state index contributed by atoms with van der Waals surface area (Å²) in [6.07, 6.45) is -7.28. The van der Waals surface area contributed by atoms with Crippen LogP contribution in [0, 0.1) is 5.92 Å². The van der Waals surface area contributed by atoms with Crippen molar-refractivity contribution in [3.05, 3.63) is 41.7 Å². The summed E-state index contributed by atoms with van der Waals surface area (Å²) in [7, 11) is 1.51. The van der Waals surface area contributed by atoms with Crippen LogP contribution in [0.3, 0.4) is 0 Å². The number of carbonyl (C=O) groups is 1. The first-order valence-electron chi connectivity index (χ1n) is 8.90. The van der Waals surface area contributed by atoms with Crippen LogP contribution in [0.2, 0.25) is 0 Å². The molecule has 0 bridgehead atoms. The molecule has 12 heteroatoms. The third kappa shape index (κ3) is 6.81. The molecule has 1 unspecified atom stereocenters. The van der Waals surface area contributed by atoms with E-state index in [1.807, 2.05) is 6.92 Å². The second-order valence-corrected chi connectivity index (χ2v) is 6.73. The van der Waals surface area contributed by atoms with Gasteiger partial charge in [0.25, 0.3) is 0 Å². The van der Waals surface area contributed by atoms with Gasteiger partial charge in [-0.1, -0.05) is 6.92 Å². The van der Waals surface area contributed by atoms with Gasteiger partial charge in [-0.3, -0.25) is 0 Å². The highest BCUT2D eigenvalue weighted by Gasteiger charge is 2.37. The molecule has 1 aromatic carbocycles. The van der Waals surface area contributed by atoms with Gasteiger partial charge in [0, 0.05) is 30.9 Å². The van der Waals surface area contributed by atoms with Gasteiger partial charge in [-0.25, -0.2) is 14.5 Å². The van der Waals surface area contributed by atoms with Gasteiger partial charge in [-0.15, -0.1) is 5.10 Å². The SMILES string of the molecule is COC[C@@H](C)C(C)OC(=O)/C=C/n1cnc(-c2cc(C(F)(F)F)cc(C(F)(F)F)c2)n1. The molecule has 0 amide bonds. The van der Waals surface area contributed by atoms with Gasteiger partial charge >= 0.3 is 18.3 Å². The van der Waals surface area contributed by atoms with Crippen molar-refractivity contribution in [2.24, 2.45) is 5.92 Å². The van der Waals surface area contributed by atoms with E-state index in [0.717, 1.165) is 23.3 Å². The predicted octanol–water partition coefficient (Wildman–Crippen LogP) is 4.67. The molecule has 2 aromatic rings. The molecular formula is C19H19F6N3O3. The molecule has 1 heterocycles. The third-order valence-electron chi connectivity index (χ3n) is 4.25. The van der Waals surface area contributed by atoms with Crippen LogP contribution >= 0.6 is 0 Å². The van der Waals surface area contributed by atoms with Crippen molar-refractivity contribution in [2.75, 3.05) is 13.7 Å². The molecule has 0 saturated heterocycles. The van der Waals surface area contributed by atoms with Crippen molar-refractivity contribution in [3.63, 3.8) is 0 Å². The number of methoxy groups -OCH3 is 1. The minimum absolute atomic E-state index is 0.0160. The van der Waals surface area contributed by atoms with Crippen LogP contribution in [0.1, 0.15) is 25.0 Å². The number of ether oxygens (including phenoxy) is 2. The molecule has 1 aromatic heterocycles. The molecule has 2 rings (SSSR count). The lowest BCUT2D eigenvalue weighted by Crippen LogP contribution is -2.24. The number of nitrogens with zero attached hydrogens (tertiary/aromatic N) is 3. The quantitative estimate of drug-likeness (QED) is 0.348. The Hall–Kier alpha value is -2.89. The van der Waals surface area contributed by atoms with E-state index in [0.29, 0.717) is 18.7 Å². The van der Waals surface area contributed by atoms with Crippen LogP contribution in [0.15, 0.2) is 30.6 Å². The Bertz CT molecular complexity index is 904. The fourth-order valence-corrected chi connectivity index (χ4v) is 2.44. The molecule has 0 aliphatic rings. The minimum atomic E-state index is -4.99. The summed E-state index contributed by atoms with van der Waals surface area (Å²) in [6, 6.07) is 1.06. The van der Waals surface area contributed by atoms with E-state index in [1.165, 1.54) is 7.11 Å². The zero-order chi connectivity index (χ0) is 23.4. The first-order chi connectivity index (χ1) is 14.3. The molecular weight excluding hydrogens is 432 g/mol. The predicted molar refractivity (Wildman–Crippen MR) is 97.4 cm³/mol. The van der Waals surface area contributed by atoms with Gasteiger partial charge in [0.2, 0.25) is 0 Å². The van der Waals surface area contributed by atoms with Gasteiger partial charge in [-0.2, -0.15) is 26.3 Å². The van der Waals surface area contributed by atoms with Crippen LogP contribution in [-0.4, -0.2) is 40.6 Å². The fraction of sp³-hybridized carbons (Fsp3) is 0.421. The smallest absolute Gasteiger partial charge is 0.416 e. The van der Waals surface area contributed by atoms with Crippen molar-refractivity contribution < 1.29 is 40.6 Å². The lowest BCUT2D eigenvalue weighted by molar-refractivity contribution is -0.145. The van der Waals surface area contributed by atoms with Gasteiger partial charge in [-0.05, 0) is 25.1 Å². The van der Waals surface area contributed by atoms with Crippen molar-refractivity contribution in [1.29, 1.82) is 0 Å². The number of carbonyl (C=O) groups excluding carboxylic acids is 1. The topological polar surface area (TPSA) is 66.2 Å². The zero-order valence-electron chi connectivity index (χ0n) is 16.7. The van der Waals surface area contributed by atoms with Crippen LogP contribution in [-0.2, 0) is 26.6 Å². The first kappa shape index (κ1) is 24.4. The maximum atomic E-state index is 13.0. The lowest BCUT2D eigenvalue weighted by atomic mass is 10.0. The van der Waals surface area contributed by atoms with E-state index in [9.17, 15) is 31.1 Å². The van der Waals surface area contributed by atoms with Crippen LogP contribution in [0.25, 0.3) is 17.6 Å². The number of esters is 1. The summed E-state index contributed by atoms with van der Waals surface area (Å²) in [4.78, 5) is 15.6. The Morgan fingerprint density at radius 1 is 1.10 bits per heavy atom. The maximum Gasteiger partial charge on any atom is 0.416 e. The molecule has 2 atom stereocenters. The lowest BCUT2D eigenvalue weighted by Gasteiger charge is -2.18. The average molecular weight is 451 g/mol. The molecule has 0 radical (unpaired) electrons. The van der Waals surface area contributed by atoms with Gasteiger partial charge in [0.05, 0.1) is 17.7 Å². The number of halogens is 6. The summed E-state index contributed by atoms with van der Waals surface area (Å²) < 4.78 is 89.1. The standard InChI is InChI=1S/C19H19F6N3O3/c1-11(9-30-3)12(2)31-16(29)4-5-28-10-26-17(27-28)13-6-14(18(20,21)22)8-15(7-13)19(23,24)25/h4-8,10-12H,9H2,1-3H3/b5-4+/t11-,12?/m1/s1. The Balaban J connectivity index is 2.22. The molecule has 0 spiro atoms. The number of benzene rings is 1. The highest BCUT2D eigenvalue weighted by atomic mass is 19.4. The fourth-order valence-electron chi connectivity index (χ4n) is 2.44. The van der Waals surface area contributed by atoms with Crippen LogP contribution in [0.4, 0.5) is 26.3 Å². The highest BCUT2D eigenvalue weighted by Crippen LogP contribution is 2.38. The zero-order valence-corrected chi connectivity index (χ0v) is 16.7. The van der Waals surface area contributed by atoms with Gasteiger partial charge in [0.1, 0.15) is 12.4 Å². The summed E-state index contributed by atoms with van der Waals surface area (Å²) in [5, 5.41) is 3.80. The normalized spacial score (nSPS) is 14.6. The van der Waals surface area contributed by atoms with E-state index < -0.39 is 41.1 Å². The third-order valence-corrected chi connectivity index (χ3v) is 4.25. The largest absolute Gasteiger partial charge is 0.459 e. The van der Waals surface area contributed by atoms with E-state index in [1.54, 1.807) is 6.92 Å². The monoisotopic (exact) mass is 451 g/mol. The maximum absolute atomic E-state index is 13.0. The van der Waals surface area contributed by atoms with Gasteiger partial charge < -0.3 is 9.47 Å². The highest BCUT2D eigenvalue weighted by molar-refractivity contribution is 5.85. The molecule has 31 heavy (non-hydrogen) atoms. The minimum Gasteiger partial charge on any atom is -0.459 e. The Morgan fingerprint density at radius 3 is 2.19 bits per heavy atom. The van der Waals surface area contributed by atoms with E-state index in [2.05, 4.69) is 10.1 Å². The second-order valence-electron chi connectivity index (χ2n) is 6.73. The first-order valence-corrected chi connectivity index (χ1v) is 8.90. The Labute approximate surface area is 173 Å². The van der Waals surface area contributed by atoms with E-state index >= 15 is 0 Å². The molecule has 0 saturated carbocycles. The summed E-state index contributed by atoms with van der Waals surface area (Å²) in [6.45, 7) is 3.87. The second kappa shape index (κ2) is 9.50. The Kier molecular flexibility index (Phi) is 7.47. The molecule has 0 fully saturated rings. The van der Waals surface area contributed by atoms with E-state index in [-0.39, 0.29) is 17.8 Å². The molecule has 0 aliphatic heterocycles. The number of alkyl halides is 6. The Morgan fingerprint density at radius 2 is 1.68 bits per heavy atom. The van der Waals surface area contributed by atoms with Gasteiger partial charge in [0.15, 0.2) is 5.82 Å². The number of aromatic nitrogens is 3. The summed E-state index contributed by atoms with van der Waals surface area (Å²) >= 11 is 0. The molecule has 6 nitrogen and oxygen atoms in total. The molecule has 170 valence electrons. The van der Waals surface area contributed by atoms with E-state index in [4.69, 9.17) is 9.47 Å². The summed E-state index contributed by atoms with van der Waals surface area (Å²) in [5.74, 6) is -1.16. The number of rotatable bonds is 7. The molecule has 0 aliphatic carbocycles. The number of hydrogen-bond acceptors (Lipinski definition) is 5. The molecule has 0 N–H and O–H groups in total. The number of hydrogen-bond donors (Lipinski definition) is 0.